The molecule has 5 heteroatoms. The average molecular weight is 302 g/mol. The topological polar surface area (TPSA) is 38.7 Å². The molecule has 3 rings (SSSR count). The van der Waals surface area contributed by atoms with Crippen molar-refractivity contribution in [2.45, 2.75) is 30.0 Å². The molecule has 0 radical (unpaired) electrons. The molecule has 0 aromatic heterocycles. The predicted octanol–water partition coefficient (Wildman–Crippen LogP) is 2.35. The van der Waals surface area contributed by atoms with Gasteiger partial charge in [-0.3, -0.25) is 0 Å². The van der Waals surface area contributed by atoms with E-state index < -0.39 is 0 Å². The maximum atomic E-state index is 10.4. The number of thioether (sulfide) groups is 2. The van der Waals surface area contributed by atoms with E-state index in [0.29, 0.717) is 36.2 Å². The molecule has 1 spiro atoms. The molecule has 108 valence electrons. The number of aliphatic hydroxyl groups excluding tert-OH is 1. The number of aliphatic hydroxyl groups is 1. The van der Waals surface area contributed by atoms with E-state index in [1.54, 1.807) is 11.8 Å². The van der Waals surface area contributed by atoms with Crippen LogP contribution in [0.3, 0.4) is 0 Å². The number of hydrogen-bond donors (Lipinski definition) is 1. The minimum Gasteiger partial charge on any atom is -0.393 e. The molecule has 0 aromatic carbocycles. The summed E-state index contributed by atoms with van der Waals surface area (Å²) in [4.78, 5) is 0. The minimum absolute atomic E-state index is 0.217. The molecule has 1 aliphatic heterocycles. The molecule has 5 unspecified atom stereocenters. The van der Waals surface area contributed by atoms with Gasteiger partial charge >= 0.3 is 0 Å². The van der Waals surface area contributed by atoms with Crippen LogP contribution in [0.5, 0.6) is 0 Å². The van der Waals surface area contributed by atoms with E-state index in [9.17, 15) is 5.11 Å². The molecule has 0 amide bonds. The van der Waals surface area contributed by atoms with Crippen molar-refractivity contribution in [1.29, 1.82) is 0 Å². The lowest BCUT2D eigenvalue weighted by Crippen LogP contribution is -2.54. The predicted molar refractivity (Wildman–Crippen MR) is 80.3 cm³/mol. The van der Waals surface area contributed by atoms with E-state index in [1.807, 2.05) is 11.8 Å². The van der Waals surface area contributed by atoms with E-state index in [2.05, 4.69) is 24.0 Å². The van der Waals surface area contributed by atoms with E-state index in [-0.39, 0.29) is 11.9 Å². The van der Waals surface area contributed by atoms with Crippen LogP contribution in [-0.2, 0) is 9.47 Å². The van der Waals surface area contributed by atoms with Crippen LogP contribution in [0.1, 0.15) is 12.8 Å². The standard InChI is InChI=1S/C14H22O3S2/c1-18-6-3-12(19-2)13-9-8-14(16-4-5-17-14)10(9)7-11(13)15/h3,6,9-13,15H,4-5,7-8H2,1-2H3. The zero-order valence-corrected chi connectivity index (χ0v) is 13.1. The first-order valence-corrected chi connectivity index (χ1v) is 9.47. The molecule has 3 nitrogen and oxygen atoms in total. The average Bonchev–Trinajstić information content (AvgIpc) is 2.98. The van der Waals surface area contributed by atoms with Crippen LogP contribution < -0.4 is 0 Å². The normalized spacial score (nSPS) is 41.6. The summed E-state index contributed by atoms with van der Waals surface area (Å²) in [6.45, 7) is 1.42. The van der Waals surface area contributed by atoms with E-state index in [0.717, 1.165) is 12.8 Å². The van der Waals surface area contributed by atoms with Crippen molar-refractivity contribution in [2.24, 2.45) is 17.8 Å². The van der Waals surface area contributed by atoms with Gasteiger partial charge in [0.2, 0.25) is 0 Å². The van der Waals surface area contributed by atoms with Crippen LogP contribution in [0.4, 0.5) is 0 Å². The summed E-state index contributed by atoms with van der Waals surface area (Å²) >= 11 is 3.56. The molecule has 0 aromatic rings. The highest BCUT2D eigenvalue weighted by atomic mass is 32.2. The summed E-state index contributed by atoms with van der Waals surface area (Å²) in [5.41, 5.74) is 0. The van der Waals surface area contributed by atoms with Gasteiger partial charge in [-0.15, -0.1) is 11.8 Å². The highest BCUT2D eigenvalue weighted by Crippen LogP contribution is 2.61. The molecule has 5 atom stereocenters. The Morgan fingerprint density at radius 1 is 1.32 bits per heavy atom. The second kappa shape index (κ2) is 5.60. The number of fused-ring (bicyclic) bond motifs is 2. The third-order valence-electron chi connectivity index (χ3n) is 4.87. The van der Waals surface area contributed by atoms with Crippen LogP contribution in [-0.4, -0.2) is 48.0 Å². The molecule has 3 fully saturated rings. The van der Waals surface area contributed by atoms with Gasteiger partial charge in [0.25, 0.3) is 0 Å². The number of rotatable bonds is 4. The first-order valence-electron chi connectivity index (χ1n) is 6.90. The zero-order valence-electron chi connectivity index (χ0n) is 11.5. The minimum atomic E-state index is -0.341. The lowest BCUT2D eigenvalue weighted by molar-refractivity contribution is -0.272. The molecule has 3 aliphatic rings. The fourth-order valence-electron chi connectivity index (χ4n) is 4.03. The van der Waals surface area contributed by atoms with Crippen molar-refractivity contribution < 1.29 is 14.6 Å². The quantitative estimate of drug-likeness (QED) is 0.863. The van der Waals surface area contributed by atoms with Gasteiger partial charge in [0.15, 0.2) is 5.79 Å². The van der Waals surface area contributed by atoms with Gasteiger partial charge in [-0.2, -0.15) is 11.8 Å². The maximum absolute atomic E-state index is 10.4. The third-order valence-corrected chi connectivity index (χ3v) is 6.31. The Hall–Kier alpha value is 0.320. The van der Waals surface area contributed by atoms with E-state index >= 15 is 0 Å². The molecule has 19 heavy (non-hydrogen) atoms. The van der Waals surface area contributed by atoms with Crippen LogP contribution in [0, 0.1) is 17.8 Å². The van der Waals surface area contributed by atoms with E-state index in [1.165, 1.54) is 0 Å². The van der Waals surface area contributed by atoms with Crippen molar-refractivity contribution in [3.63, 3.8) is 0 Å². The Kier molecular flexibility index (Phi) is 4.21. The summed E-state index contributed by atoms with van der Waals surface area (Å²) in [6, 6.07) is 0. The third kappa shape index (κ3) is 2.27. The molecular formula is C14H22O3S2. The Bertz CT molecular complexity index is 355. The Balaban J connectivity index is 1.72. The van der Waals surface area contributed by atoms with Gasteiger partial charge < -0.3 is 14.6 Å². The molecule has 1 heterocycles. The van der Waals surface area contributed by atoms with Crippen molar-refractivity contribution in [2.75, 3.05) is 25.7 Å². The summed E-state index contributed by atoms with van der Waals surface area (Å²) in [6.07, 6.45) is 8.02. The SMILES string of the molecule is CSC=CC(SC)C1C(O)CC2C1CC21OCCO1. The van der Waals surface area contributed by atoms with Crippen LogP contribution in [0.25, 0.3) is 0 Å². The molecule has 1 N–H and O–H groups in total. The highest BCUT2D eigenvalue weighted by molar-refractivity contribution is 8.01. The number of hydrogen-bond acceptors (Lipinski definition) is 5. The molecule has 2 saturated carbocycles. The van der Waals surface area contributed by atoms with Gasteiger partial charge in [-0.1, -0.05) is 6.08 Å². The van der Waals surface area contributed by atoms with Crippen LogP contribution >= 0.6 is 23.5 Å². The van der Waals surface area contributed by atoms with Crippen molar-refractivity contribution in [3.8, 4) is 0 Å². The summed E-state index contributed by atoms with van der Waals surface area (Å²) in [5, 5.41) is 13.0. The Morgan fingerprint density at radius 2 is 2.05 bits per heavy atom. The lowest BCUT2D eigenvalue weighted by Gasteiger charge is -2.50. The smallest absolute Gasteiger partial charge is 0.171 e. The van der Waals surface area contributed by atoms with Gasteiger partial charge in [0.1, 0.15) is 0 Å². The first kappa shape index (κ1) is 14.3. The van der Waals surface area contributed by atoms with E-state index in [4.69, 9.17) is 9.47 Å². The largest absolute Gasteiger partial charge is 0.393 e. The molecule has 2 aliphatic carbocycles. The highest BCUT2D eigenvalue weighted by Gasteiger charge is 2.65. The summed E-state index contributed by atoms with van der Waals surface area (Å²) in [5.74, 6) is 0.957. The Morgan fingerprint density at radius 3 is 2.68 bits per heavy atom. The molecule has 0 bridgehead atoms. The van der Waals surface area contributed by atoms with Crippen LogP contribution in [0.2, 0.25) is 0 Å². The number of ether oxygens (including phenoxy) is 2. The monoisotopic (exact) mass is 302 g/mol. The second-order valence-corrected chi connectivity index (χ2v) is 7.39. The fourth-order valence-corrected chi connectivity index (χ4v) is 5.39. The summed E-state index contributed by atoms with van der Waals surface area (Å²) < 4.78 is 11.6. The van der Waals surface area contributed by atoms with Gasteiger partial charge in [-0.05, 0) is 30.3 Å². The zero-order chi connectivity index (χ0) is 13.5. The lowest BCUT2D eigenvalue weighted by atomic mass is 9.66. The molecule has 1 saturated heterocycles. The van der Waals surface area contributed by atoms with Crippen LogP contribution in [0.15, 0.2) is 11.5 Å². The van der Waals surface area contributed by atoms with Crippen molar-refractivity contribution in [1.82, 2.24) is 0 Å². The first-order chi connectivity index (χ1) is 9.22. The van der Waals surface area contributed by atoms with Crippen molar-refractivity contribution in [3.05, 3.63) is 11.5 Å². The molecular weight excluding hydrogens is 280 g/mol. The van der Waals surface area contributed by atoms with Crippen molar-refractivity contribution >= 4 is 23.5 Å². The van der Waals surface area contributed by atoms with Gasteiger partial charge in [0, 0.05) is 23.5 Å². The maximum Gasteiger partial charge on any atom is 0.171 e. The fraction of sp³-hybridized carbons (Fsp3) is 0.857. The van der Waals surface area contributed by atoms with Gasteiger partial charge in [-0.25, -0.2) is 0 Å². The Labute approximate surface area is 123 Å². The van der Waals surface area contributed by atoms with Gasteiger partial charge in [0.05, 0.1) is 19.3 Å². The summed E-state index contributed by atoms with van der Waals surface area (Å²) in [7, 11) is 0. The second-order valence-electron chi connectivity index (χ2n) is 5.63.